The van der Waals surface area contributed by atoms with E-state index >= 15 is 0 Å². The van der Waals surface area contributed by atoms with E-state index in [2.05, 4.69) is 21.4 Å². The minimum Gasteiger partial charge on any atom is -0.497 e. The Labute approximate surface area is 206 Å². The molecule has 1 amide bonds. The van der Waals surface area contributed by atoms with Gasteiger partial charge in [0, 0.05) is 16.5 Å². The number of thiophene rings is 1. The van der Waals surface area contributed by atoms with Gasteiger partial charge in [0.05, 0.1) is 23.6 Å². The van der Waals surface area contributed by atoms with Gasteiger partial charge in [0.1, 0.15) is 28.2 Å². The standard InChI is InChI=1S/C26H22N4O2S2/c1-3-23(34-24-13-22(28-16-29-24)18-7-5-4-6-8-18)25(31)30-26-20(14-27)21(15-33-26)17-9-11-19(32-2)12-10-17/h4-13,15-16,23H,3H2,1-2H3,(H,30,31). The van der Waals surface area contributed by atoms with Crippen LogP contribution in [0.25, 0.3) is 22.4 Å². The third kappa shape index (κ3) is 5.28. The number of hydrogen-bond donors (Lipinski definition) is 1. The van der Waals surface area contributed by atoms with Crippen LogP contribution in [0.4, 0.5) is 5.00 Å². The molecule has 1 unspecified atom stereocenters. The van der Waals surface area contributed by atoms with Crippen LogP contribution in [0.15, 0.2) is 77.4 Å². The van der Waals surface area contributed by atoms with Crippen LogP contribution in [0.2, 0.25) is 0 Å². The minimum atomic E-state index is -0.364. The molecule has 2 heterocycles. The van der Waals surface area contributed by atoms with E-state index < -0.39 is 0 Å². The lowest BCUT2D eigenvalue weighted by Gasteiger charge is -2.14. The molecule has 6 nitrogen and oxygen atoms in total. The van der Waals surface area contributed by atoms with Crippen molar-refractivity contribution in [3.05, 3.63) is 77.9 Å². The van der Waals surface area contributed by atoms with Gasteiger partial charge in [-0.15, -0.1) is 11.3 Å². The Kier molecular flexibility index (Phi) is 7.58. The summed E-state index contributed by atoms with van der Waals surface area (Å²) in [5.74, 6) is 0.584. The molecule has 0 fully saturated rings. The van der Waals surface area contributed by atoms with Gasteiger partial charge >= 0.3 is 0 Å². The van der Waals surface area contributed by atoms with Gasteiger partial charge < -0.3 is 10.1 Å². The number of methoxy groups -OCH3 is 1. The van der Waals surface area contributed by atoms with Crippen LogP contribution in [-0.2, 0) is 4.79 Å². The minimum absolute atomic E-state index is 0.160. The molecule has 1 atom stereocenters. The van der Waals surface area contributed by atoms with Crippen molar-refractivity contribution in [3.63, 3.8) is 0 Å². The smallest absolute Gasteiger partial charge is 0.238 e. The summed E-state index contributed by atoms with van der Waals surface area (Å²) in [4.78, 5) is 21.8. The van der Waals surface area contributed by atoms with Crippen LogP contribution in [0.3, 0.4) is 0 Å². The zero-order valence-corrected chi connectivity index (χ0v) is 20.3. The number of ether oxygens (including phenoxy) is 1. The number of carbonyl (C=O) groups excluding carboxylic acids is 1. The molecule has 0 saturated carbocycles. The van der Waals surface area contributed by atoms with Gasteiger partial charge in [0.2, 0.25) is 5.91 Å². The first-order chi connectivity index (χ1) is 16.6. The summed E-state index contributed by atoms with van der Waals surface area (Å²) >= 11 is 2.74. The number of nitrogens with one attached hydrogen (secondary N) is 1. The number of aromatic nitrogens is 2. The summed E-state index contributed by atoms with van der Waals surface area (Å²) in [5.41, 5.74) is 3.94. The van der Waals surface area contributed by atoms with Gasteiger partial charge in [-0.05, 0) is 30.2 Å². The van der Waals surface area contributed by atoms with Gasteiger partial charge in [-0.25, -0.2) is 9.97 Å². The lowest BCUT2D eigenvalue weighted by atomic mass is 10.0. The summed E-state index contributed by atoms with van der Waals surface area (Å²) in [6.07, 6.45) is 2.13. The molecule has 0 aliphatic rings. The number of hydrogen-bond acceptors (Lipinski definition) is 7. The zero-order valence-electron chi connectivity index (χ0n) is 18.7. The van der Waals surface area contributed by atoms with Gasteiger partial charge in [0.25, 0.3) is 0 Å². The lowest BCUT2D eigenvalue weighted by molar-refractivity contribution is -0.115. The Balaban J connectivity index is 1.51. The highest BCUT2D eigenvalue weighted by atomic mass is 32.2. The molecule has 170 valence electrons. The van der Waals surface area contributed by atoms with Crippen molar-refractivity contribution in [2.75, 3.05) is 12.4 Å². The van der Waals surface area contributed by atoms with Crippen LogP contribution in [0.5, 0.6) is 5.75 Å². The van der Waals surface area contributed by atoms with E-state index in [0.29, 0.717) is 17.0 Å². The second-order valence-electron chi connectivity index (χ2n) is 7.31. The summed E-state index contributed by atoms with van der Waals surface area (Å²) < 4.78 is 5.21. The highest BCUT2D eigenvalue weighted by Crippen LogP contribution is 2.36. The van der Waals surface area contributed by atoms with E-state index in [9.17, 15) is 10.1 Å². The molecule has 0 radical (unpaired) electrons. The fraction of sp³-hybridized carbons (Fsp3) is 0.154. The maximum absolute atomic E-state index is 13.1. The van der Waals surface area contributed by atoms with Crippen LogP contribution in [-0.4, -0.2) is 28.2 Å². The number of nitrogens with zero attached hydrogens (tertiary/aromatic N) is 3. The number of thioether (sulfide) groups is 1. The molecule has 2 aromatic carbocycles. The fourth-order valence-electron chi connectivity index (χ4n) is 3.38. The predicted molar refractivity (Wildman–Crippen MR) is 137 cm³/mol. The Hall–Kier alpha value is -3.67. The van der Waals surface area contributed by atoms with Crippen molar-refractivity contribution in [2.45, 2.75) is 23.6 Å². The first kappa shape index (κ1) is 23.5. The molecule has 0 spiro atoms. The van der Waals surface area contributed by atoms with Crippen molar-refractivity contribution in [3.8, 4) is 34.2 Å². The van der Waals surface area contributed by atoms with Crippen molar-refractivity contribution in [1.82, 2.24) is 9.97 Å². The SMILES string of the molecule is CCC(Sc1cc(-c2ccccc2)ncn1)C(=O)Nc1scc(-c2ccc(OC)cc2)c1C#N. The molecule has 34 heavy (non-hydrogen) atoms. The van der Waals surface area contributed by atoms with Gasteiger partial charge in [0.15, 0.2) is 0 Å². The van der Waals surface area contributed by atoms with E-state index in [4.69, 9.17) is 4.74 Å². The van der Waals surface area contributed by atoms with Crippen molar-refractivity contribution in [2.24, 2.45) is 0 Å². The Morgan fingerprint density at radius 1 is 1.15 bits per heavy atom. The molecular formula is C26H22N4O2S2. The van der Waals surface area contributed by atoms with E-state index in [1.165, 1.54) is 29.4 Å². The van der Waals surface area contributed by atoms with E-state index in [1.807, 2.05) is 73.0 Å². The average Bonchev–Trinajstić information content (AvgIpc) is 3.30. The number of amides is 1. The van der Waals surface area contributed by atoms with Crippen LogP contribution < -0.4 is 10.1 Å². The Morgan fingerprint density at radius 2 is 1.91 bits per heavy atom. The molecule has 0 aliphatic heterocycles. The zero-order chi connectivity index (χ0) is 23.9. The monoisotopic (exact) mass is 486 g/mol. The Bertz CT molecular complexity index is 1310. The van der Waals surface area contributed by atoms with E-state index in [0.717, 1.165) is 33.2 Å². The van der Waals surface area contributed by atoms with Crippen molar-refractivity contribution >= 4 is 34.0 Å². The second kappa shape index (κ2) is 11.0. The molecule has 8 heteroatoms. The maximum atomic E-state index is 13.1. The summed E-state index contributed by atoms with van der Waals surface area (Å²) in [6, 6.07) is 21.5. The normalized spacial score (nSPS) is 11.4. The van der Waals surface area contributed by atoms with E-state index in [1.54, 1.807) is 7.11 Å². The maximum Gasteiger partial charge on any atom is 0.238 e. The van der Waals surface area contributed by atoms with Crippen LogP contribution in [0, 0.1) is 11.3 Å². The number of benzene rings is 2. The highest BCUT2D eigenvalue weighted by molar-refractivity contribution is 8.00. The molecule has 0 saturated heterocycles. The third-order valence-corrected chi connectivity index (χ3v) is 7.37. The summed E-state index contributed by atoms with van der Waals surface area (Å²) in [6.45, 7) is 1.96. The highest BCUT2D eigenvalue weighted by Gasteiger charge is 2.22. The van der Waals surface area contributed by atoms with Crippen molar-refractivity contribution < 1.29 is 9.53 Å². The molecule has 0 bridgehead atoms. The molecule has 0 aliphatic carbocycles. The number of rotatable bonds is 8. The first-order valence-electron chi connectivity index (χ1n) is 10.6. The summed E-state index contributed by atoms with van der Waals surface area (Å²) in [5, 5.41) is 15.5. The average molecular weight is 487 g/mol. The number of carbonyl (C=O) groups is 1. The topological polar surface area (TPSA) is 87.9 Å². The van der Waals surface area contributed by atoms with E-state index in [-0.39, 0.29) is 11.2 Å². The quantitative estimate of drug-likeness (QED) is 0.234. The first-order valence-corrected chi connectivity index (χ1v) is 12.4. The van der Waals surface area contributed by atoms with Crippen LogP contribution in [0.1, 0.15) is 18.9 Å². The van der Waals surface area contributed by atoms with Crippen LogP contribution >= 0.6 is 23.1 Å². The second-order valence-corrected chi connectivity index (χ2v) is 9.41. The third-order valence-electron chi connectivity index (χ3n) is 5.18. The Morgan fingerprint density at radius 3 is 2.59 bits per heavy atom. The largest absolute Gasteiger partial charge is 0.497 e. The molecule has 1 N–H and O–H groups in total. The molecule has 4 aromatic rings. The molecule has 2 aromatic heterocycles. The van der Waals surface area contributed by atoms with Gasteiger partial charge in [-0.3, -0.25) is 4.79 Å². The van der Waals surface area contributed by atoms with Gasteiger partial charge in [-0.2, -0.15) is 5.26 Å². The molecule has 4 rings (SSSR count). The van der Waals surface area contributed by atoms with Crippen molar-refractivity contribution in [1.29, 1.82) is 5.26 Å². The number of nitriles is 1. The number of anilines is 1. The predicted octanol–water partition coefficient (Wildman–Crippen LogP) is 6.26. The molecular weight excluding hydrogens is 464 g/mol. The fourth-order valence-corrected chi connectivity index (χ4v) is 5.21. The van der Waals surface area contributed by atoms with Gasteiger partial charge in [-0.1, -0.05) is 61.2 Å². The lowest BCUT2D eigenvalue weighted by Crippen LogP contribution is -2.24. The summed E-state index contributed by atoms with van der Waals surface area (Å²) in [7, 11) is 1.61.